The van der Waals surface area contributed by atoms with Crippen molar-refractivity contribution >= 4 is 11.8 Å². The Morgan fingerprint density at radius 3 is 2.22 bits per heavy atom. The Balaban J connectivity index is 1.91. The molecule has 0 amide bonds. The first-order chi connectivity index (χ1) is 8.68. The Hall–Kier alpha value is -1.64. The molecule has 4 atom stereocenters. The molecule has 0 saturated heterocycles. The summed E-state index contributed by atoms with van der Waals surface area (Å²) in [5.41, 5.74) is 0.654. The van der Waals surface area contributed by atoms with E-state index in [1.165, 1.54) is 0 Å². The van der Waals surface area contributed by atoms with Crippen LogP contribution < -0.4 is 0 Å². The van der Waals surface area contributed by atoms with Gasteiger partial charge < -0.3 is 5.11 Å². The van der Waals surface area contributed by atoms with Crippen molar-refractivity contribution in [2.45, 2.75) is 19.3 Å². The second kappa shape index (κ2) is 4.23. The maximum Gasteiger partial charge on any atom is 0.307 e. The lowest BCUT2D eigenvalue weighted by Gasteiger charge is -2.26. The summed E-state index contributed by atoms with van der Waals surface area (Å²) in [6.07, 6.45) is 2.90. The van der Waals surface area contributed by atoms with Gasteiger partial charge in [0.2, 0.25) is 0 Å². The molecule has 0 heterocycles. The summed E-state index contributed by atoms with van der Waals surface area (Å²) >= 11 is 0. The minimum Gasteiger partial charge on any atom is -0.481 e. The summed E-state index contributed by atoms with van der Waals surface area (Å²) in [6, 6.07) is 9.10. The SMILES string of the molecule is O=C(c1ccccc1)[C@@H]1[C@H]2CC[C@@H](C2)[C@@H]1C(=O)O. The summed E-state index contributed by atoms with van der Waals surface area (Å²) < 4.78 is 0. The van der Waals surface area contributed by atoms with Crippen molar-refractivity contribution in [2.24, 2.45) is 23.7 Å². The van der Waals surface area contributed by atoms with Gasteiger partial charge in [0.25, 0.3) is 0 Å². The molecule has 1 aromatic carbocycles. The summed E-state index contributed by atoms with van der Waals surface area (Å²) in [7, 11) is 0. The molecule has 18 heavy (non-hydrogen) atoms. The third-order valence-electron chi connectivity index (χ3n) is 4.56. The largest absolute Gasteiger partial charge is 0.481 e. The normalized spacial score (nSPS) is 33.6. The number of ketones is 1. The molecular formula is C15H16O3. The number of benzene rings is 1. The number of carboxylic acids is 1. The lowest BCUT2D eigenvalue weighted by Crippen LogP contribution is -2.34. The van der Waals surface area contributed by atoms with Crippen molar-refractivity contribution in [3.8, 4) is 0 Å². The minimum absolute atomic E-state index is 0.0233. The molecule has 2 bridgehead atoms. The van der Waals surface area contributed by atoms with Crippen LogP contribution in [0.3, 0.4) is 0 Å². The monoisotopic (exact) mass is 244 g/mol. The van der Waals surface area contributed by atoms with E-state index in [1.54, 1.807) is 12.1 Å². The van der Waals surface area contributed by atoms with Crippen LogP contribution in [0.25, 0.3) is 0 Å². The van der Waals surface area contributed by atoms with Gasteiger partial charge in [0.1, 0.15) is 0 Å². The highest BCUT2D eigenvalue weighted by atomic mass is 16.4. The Morgan fingerprint density at radius 1 is 1.00 bits per heavy atom. The van der Waals surface area contributed by atoms with Gasteiger partial charge in [-0.25, -0.2) is 0 Å². The molecule has 1 N–H and O–H groups in total. The fraction of sp³-hybridized carbons (Fsp3) is 0.467. The smallest absolute Gasteiger partial charge is 0.307 e. The van der Waals surface area contributed by atoms with E-state index < -0.39 is 11.9 Å². The molecule has 0 spiro atoms. The second-order valence-electron chi connectivity index (χ2n) is 5.45. The number of hydrogen-bond donors (Lipinski definition) is 1. The van der Waals surface area contributed by atoms with Gasteiger partial charge in [0.15, 0.2) is 5.78 Å². The highest BCUT2D eigenvalue weighted by Crippen LogP contribution is 2.53. The second-order valence-corrected chi connectivity index (χ2v) is 5.45. The number of rotatable bonds is 3. The lowest BCUT2D eigenvalue weighted by atomic mass is 9.75. The van der Waals surface area contributed by atoms with Crippen molar-refractivity contribution < 1.29 is 14.7 Å². The molecule has 2 aliphatic rings. The molecule has 2 aliphatic carbocycles. The molecule has 0 unspecified atom stereocenters. The summed E-state index contributed by atoms with van der Waals surface area (Å²) in [4.78, 5) is 23.9. The fourth-order valence-electron chi connectivity index (χ4n) is 3.82. The number of carbonyl (C=O) groups excluding carboxylic acids is 1. The van der Waals surface area contributed by atoms with Gasteiger partial charge in [-0.1, -0.05) is 30.3 Å². The Kier molecular flexibility index (Phi) is 2.69. The van der Waals surface area contributed by atoms with Gasteiger partial charge in [-0.15, -0.1) is 0 Å². The van der Waals surface area contributed by atoms with Crippen LogP contribution in [-0.2, 0) is 4.79 Å². The van der Waals surface area contributed by atoms with Crippen molar-refractivity contribution in [3.05, 3.63) is 35.9 Å². The van der Waals surface area contributed by atoms with Crippen molar-refractivity contribution in [3.63, 3.8) is 0 Å². The molecule has 1 aromatic rings. The van der Waals surface area contributed by atoms with E-state index in [2.05, 4.69) is 0 Å². The van der Waals surface area contributed by atoms with Gasteiger partial charge in [-0.2, -0.15) is 0 Å². The number of aliphatic carboxylic acids is 1. The first kappa shape index (κ1) is 11.5. The van der Waals surface area contributed by atoms with Crippen LogP contribution in [0.5, 0.6) is 0 Å². The van der Waals surface area contributed by atoms with Gasteiger partial charge in [0, 0.05) is 11.5 Å². The van der Waals surface area contributed by atoms with Crippen LogP contribution in [-0.4, -0.2) is 16.9 Å². The highest BCUT2D eigenvalue weighted by molar-refractivity contribution is 6.00. The molecule has 3 rings (SSSR count). The molecule has 0 aromatic heterocycles. The number of Topliss-reactive ketones (excluding diaryl/α,β-unsaturated/α-hetero) is 1. The minimum atomic E-state index is -0.795. The first-order valence-electron chi connectivity index (χ1n) is 6.50. The van der Waals surface area contributed by atoms with Crippen LogP contribution in [0.4, 0.5) is 0 Å². The zero-order valence-corrected chi connectivity index (χ0v) is 10.1. The topological polar surface area (TPSA) is 54.4 Å². The average Bonchev–Trinajstić information content (AvgIpc) is 2.99. The van der Waals surface area contributed by atoms with E-state index in [-0.39, 0.29) is 23.5 Å². The highest BCUT2D eigenvalue weighted by Gasteiger charge is 2.53. The maximum absolute atomic E-state index is 12.5. The number of carbonyl (C=O) groups is 2. The van der Waals surface area contributed by atoms with E-state index in [4.69, 9.17) is 0 Å². The molecule has 94 valence electrons. The molecule has 2 saturated carbocycles. The zero-order chi connectivity index (χ0) is 12.7. The molecule has 3 nitrogen and oxygen atoms in total. The van der Waals surface area contributed by atoms with Crippen molar-refractivity contribution in [1.29, 1.82) is 0 Å². The Morgan fingerprint density at radius 2 is 1.61 bits per heavy atom. The molecular weight excluding hydrogens is 228 g/mol. The first-order valence-corrected chi connectivity index (χ1v) is 6.50. The van der Waals surface area contributed by atoms with E-state index in [0.29, 0.717) is 5.56 Å². The van der Waals surface area contributed by atoms with Crippen molar-refractivity contribution in [1.82, 2.24) is 0 Å². The molecule has 0 aliphatic heterocycles. The number of fused-ring (bicyclic) bond motifs is 2. The molecule has 3 heteroatoms. The third kappa shape index (κ3) is 1.65. The van der Waals surface area contributed by atoms with E-state index in [1.807, 2.05) is 18.2 Å². The summed E-state index contributed by atoms with van der Waals surface area (Å²) in [5, 5.41) is 9.35. The van der Waals surface area contributed by atoms with Gasteiger partial charge in [-0.3, -0.25) is 9.59 Å². The maximum atomic E-state index is 12.5. The molecule has 2 fully saturated rings. The van der Waals surface area contributed by atoms with Crippen LogP contribution in [0.1, 0.15) is 29.6 Å². The van der Waals surface area contributed by atoms with E-state index in [0.717, 1.165) is 19.3 Å². The Bertz CT molecular complexity index is 480. The Labute approximate surface area is 106 Å². The van der Waals surface area contributed by atoms with Gasteiger partial charge >= 0.3 is 5.97 Å². The van der Waals surface area contributed by atoms with Gasteiger partial charge in [-0.05, 0) is 31.1 Å². The lowest BCUT2D eigenvalue weighted by molar-refractivity contribution is -0.144. The predicted octanol–water partition coefficient (Wildman–Crippen LogP) is 2.62. The van der Waals surface area contributed by atoms with Crippen LogP contribution >= 0.6 is 0 Å². The summed E-state index contributed by atoms with van der Waals surface area (Å²) in [5.74, 6) is -1.04. The molecule has 0 radical (unpaired) electrons. The average molecular weight is 244 g/mol. The van der Waals surface area contributed by atoms with E-state index in [9.17, 15) is 14.7 Å². The van der Waals surface area contributed by atoms with Crippen LogP contribution in [0.15, 0.2) is 30.3 Å². The van der Waals surface area contributed by atoms with Crippen LogP contribution in [0.2, 0.25) is 0 Å². The standard InChI is InChI=1S/C15H16O3/c16-14(9-4-2-1-3-5-9)12-10-6-7-11(8-10)13(12)15(17)18/h1-5,10-13H,6-8H2,(H,17,18)/t10-,11-,12+,13-/m0/s1. The van der Waals surface area contributed by atoms with Crippen molar-refractivity contribution in [2.75, 3.05) is 0 Å². The number of hydrogen-bond acceptors (Lipinski definition) is 2. The van der Waals surface area contributed by atoms with E-state index >= 15 is 0 Å². The zero-order valence-electron chi connectivity index (χ0n) is 10.1. The quantitative estimate of drug-likeness (QED) is 0.831. The predicted molar refractivity (Wildman–Crippen MR) is 66.2 cm³/mol. The summed E-state index contributed by atoms with van der Waals surface area (Å²) in [6.45, 7) is 0. The number of carboxylic acid groups (broad SMARTS) is 1. The third-order valence-corrected chi connectivity index (χ3v) is 4.56. The van der Waals surface area contributed by atoms with Crippen LogP contribution in [0, 0.1) is 23.7 Å². The fourth-order valence-corrected chi connectivity index (χ4v) is 3.82. The van der Waals surface area contributed by atoms with Gasteiger partial charge in [0.05, 0.1) is 5.92 Å².